The van der Waals surface area contributed by atoms with Gasteiger partial charge in [0, 0.05) is 13.2 Å². The topological polar surface area (TPSA) is 32.7 Å². The van der Waals surface area contributed by atoms with Crippen molar-refractivity contribution in [1.82, 2.24) is 4.90 Å². The molecule has 0 bridgehead atoms. The molecule has 1 atom stereocenters. The van der Waals surface area contributed by atoms with Crippen LogP contribution < -0.4 is 0 Å². The van der Waals surface area contributed by atoms with Crippen LogP contribution in [-0.2, 0) is 4.74 Å². The van der Waals surface area contributed by atoms with Crippen molar-refractivity contribution >= 4 is 0 Å². The largest absolute Gasteiger partial charge is 0.392 e. The first-order chi connectivity index (χ1) is 14.7. The third kappa shape index (κ3) is 25.9. The maximum atomic E-state index is 9.30. The Morgan fingerprint density at radius 3 is 1.27 bits per heavy atom. The van der Waals surface area contributed by atoms with Gasteiger partial charge in [-0.1, -0.05) is 129 Å². The van der Waals surface area contributed by atoms with E-state index in [0.29, 0.717) is 13.3 Å². The molecule has 0 saturated carbocycles. The average molecular weight is 428 g/mol. The molecule has 0 aromatic heterocycles. The summed E-state index contributed by atoms with van der Waals surface area (Å²) in [6, 6.07) is 0. The number of unbranched alkanes of at least 4 members (excludes halogenated alkanes) is 19. The zero-order chi connectivity index (χ0) is 22.1. The highest BCUT2D eigenvalue weighted by atomic mass is 16.5. The van der Waals surface area contributed by atoms with Crippen LogP contribution in [0.25, 0.3) is 0 Å². The van der Waals surface area contributed by atoms with Gasteiger partial charge in [-0.25, -0.2) is 0 Å². The number of hydrogen-bond acceptors (Lipinski definition) is 3. The minimum absolute atomic E-state index is 0.279. The molecule has 3 nitrogen and oxygen atoms in total. The normalized spacial score (nSPS) is 12.7. The molecule has 0 aliphatic heterocycles. The summed E-state index contributed by atoms with van der Waals surface area (Å²) in [5, 5.41) is 9.30. The molecule has 0 aliphatic carbocycles. The molecule has 0 aliphatic rings. The first-order valence-corrected chi connectivity index (χ1v) is 13.6. The highest BCUT2D eigenvalue weighted by Gasteiger charge is 2.02. The fourth-order valence-electron chi connectivity index (χ4n) is 4.18. The van der Waals surface area contributed by atoms with Crippen LogP contribution in [0.5, 0.6) is 0 Å². The zero-order valence-corrected chi connectivity index (χ0v) is 21.1. The van der Waals surface area contributed by atoms with Gasteiger partial charge in [-0.3, -0.25) is 4.90 Å². The number of aliphatic hydroxyl groups is 1. The Labute approximate surface area is 190 Å². The summed E-state index contributed by atoms with van der Waals surface area (Å²) in [4.78, 5) is 2.03. The molecular formula is C27H57NO2. The average Bonchev–Trinajstić information content (AvgIpc) is 2.71. The smallest absolute Gasteiger partial charge is 0.0988 e. The van der Waals surface area contributed by atoms with E-state index in [4.69, 9.17) is 4.74 Å². The number of ether oxygens (including phenoxy) is 1. The van der Waals surface area contributed by atoms with Crippen molar-refractivity contribution < 1.29 is 9.84 Å². The molecule has 1 unspecified atom stereocenters. The number of aliphatic hydroxyl groups excluding tert-OH is 1. The molecule has 3 heteroatoms. The minimum Gasteiger partial charge on any atom is -0.392 e. The predicted octanol–water partition coefficient (Wildman–Crippen LogP) is 8.10. The molecule has 0 aromatic rings. The van der Waals surface area contributed by atoms with Crippen LogP contribution in [0.3, 0.4) is 0 Å². The van der Waals surface area contributed by atoms with Crippen LogP contribution in [0, 0.1) is 0 Å². The van der Waals surface area contributed by atoms with Gasteiger partial charge in [0.25, 0.3) is 0 Å². The van der Waals surface area contributed by atoms with Crippen molar-refractivity contribution in [3.63, 3.8) is 0 Å². The fourth-order valence-corrected chi connectivity index (χ4v) is 4.18. The molecule has 0 fully saturated rings. The first-order valence-electron chi connectivity index (χ1n) is 13.6. The second kappa shape index (κ2) is 25.1. The van der Waals surface area contributed by atoms with E-state index in [1.165, 1.54) is 128 Å². The fraction of sp³-hybridized carbons (Fsp3) is 1.00. The number of rotatable bonds is 25. The lowest BCUT2D eigenvalue weighted by Gasteiger charge is -2.18. The SMILES string of the molecule is CCCCCCCCCCCCCCCCCCCCCCOCN(C)CC(C)O. The van der Waals surface area contributed by atoms with Crippen molar-refractivity contribution in [2.75, 3.05) is 26.9 Å². The van der Waals surface area contributed by atoms with E-state index in [0.717, 1.165) is 6.61 Å². The summed E-state index contributed by atoms with van der Waals surface area (Å²) in [6.07, 6.45) is 28.1. The highest BCUT2D eigenvalue weighted by Crippen LogP contribution is 2.14. The van der Waals surface area contributed by atoms with Crippen LogP contribution in [0.4, 0.5) is 0 Å². The van der Waals surface area contributed by atoms with Crippen molar-refractivity contribution in [3.05, 3.63) is 0 Å². The lowest BCUT2D eigenvalue weighted by molar-refractivity contribution is 0.0198. The molecule has 0 radical (unpaired) electrons. The number of hydrogen-bond donors (Lipinski definition) is 1. The Bertz CT molecular complexity index is 309. The third-order valence-corrected chi connectivity index (χ3v) is 6.03. The Hall–Kier alpha value is -0.120. The molecular weight excluding hydrogens is 370 g/mol. The summed E-state index contributed by atoms with van der Waals surface area (Å²) >= 11 is 0. The molecule has 182 valence electrons. The molecule has 30 heavy (non-hydrogen) atoms. The van der Waals surface area contributed by atoms with Crippen molar-refractivity contribution in [1.29, 1.82) is 0 Å². The van der Waals surface area contributed by atoms with Gasteiger partial charge in [-0.15, -0.1) is 0 Å². The second-order valence-electron chi connectivity index (χ2n) is 9.64. The summed E-state index contributed by atoms with van der Waals surface area (Å²) in [5.74, 6) is 0. The van der Waals surface area contributed by atoms with E-state index in [2.05, 4.69) is 6.92 Å². The molecule has 0 amide bonds. The van der Waals surface area contributed by atoms with Crippen LogP contribution in [0.1, 0.15) is 142 Å². The van der Waals surface area contributed by atoms with Gasteiger partial charge in [-0.2, -0.15) is 0 Å². The molecule has 0 aromatic carbocycles. The maximum absolute atomic E-state index is 9.30. The third-order valence-electron chi connectivity index (χ3n) is 6.03. The van der Waals surface area contributed by atoms with E-state index in [-0.39, 0.29) is 6.10 Å². The Morgan fingerprint density at radius 2 is 0.933 bits per heavy atom. The molecule has 0 spiro atoms. The van der Waals surface area contributed by atoms with Gasteiger partial charge in [-0.05, 0) is 20.4 Å². The second-order valence-corrected chi connectivity index (χ2v) is 9.64. The van der Waals surface area contributed by atoms with E-state index >= 15 is 0 Å². The highest BCUT2D eigenvalue weighted by molar-refractivity contribution is 4.52. The summed E-state index contributed by atoms with van der Waals surface area (Å²) < 4.78 is 5.65. The monoisotopic (exact) mass is 427 g/mol. The zero-order valence-electron chi connectivity index (χ0n) is 21.1. The predicted molar refractivity (Wildman–Crippen MR) is 133 cm³/mol. The Morgan fingerprint density at radius 1 is 0.600 bits per heavy atom. The van der Waals surface area contributed by atoms with Crippen LogP contribution >= 0.6 is 0 Å². The Kier molecular flexibility index (Phi) is 25.0. The quantitative estimate of drug-likeness (QED) is 0.118. The number of likely N-dealkylation sites (N-methyl/N-ethyl adjacent to an activating group) is 1. The summed E-state index contributed by atoms with van der Waals surface area (Å²) in [6.45, 7) is 6.27. The lowest BCUT2D eigenvalue weighted by atomic mass is 10.0. The van der Waals surface area contributed by atoms with Crippen molar-refractivity contribution in [3.8, 4) is 0 Å². The van der Waals surface area contributed by atoms with Crippen molar-refractivity contribution in [2.45, 2.75) is 148 Å². The van der Waals surface area contributed by atoms with Crippen LogP contribution in [0.15, 0.2) is 0 Å². The number of nitrogens with zero attached hydrogens (tertiary/aromatic N) is 1. The first kappa shape index (κ1) is 29.9. The van der Waals surface area contributed by atoms with E-state index in [1.54, 1.807) is 0 Å². The summed E-state index contributed by atoms with van der Waals surface area (Å²) in [7, 11) is 1.99. The van der Waals surface area contributed by atoms with E-state index in [9.17, 15) is 5.11 Å². The molecule has 0 saturated heterocycles. The van der Waals surface area contributed by atoms with Crippen LogP contribution in [-0.4, -0.2) is 43.0 Å². The minimum atomic E-state index is -0.279. The molecule has 0 rings (SSSR count). The van der Waals surface area contributed by atoms with Crippen molar-refractivity contribution in [2.24, 2.45) is 0 Å². The van der Waals surface area contributed by atoms with Gasteiger partial charge >= 0.3 is 0 Å². The maximum Gasteiger partial charge on any atom is 0.0988 e. The van der Waals surface area contributed by atoms with Gasteiger partial charge in [0.1, 0.15) is 0 Å². The molecule has 0 heterocycles. The van der Waals surface area contributed by atoms with Gasteiger partial charge in [0.15, 0.2) is 0 Å². The van der Waals surface area contributed by atoms with E-state index < -0.39 is 0 Å². The standard InChI is InChI=1S/C27H57NO2/c1-4-5-6-7-8-9-10-11-12-13-14-15-16-17-18-19-20-21-22-23-24-30-26-28(3)25-27(2)29/h27,29H,4-26H2,1-3H3. The lowest BCUT2D eigenvalue weighted by Crippen LogP contribution is -2.29. The Balaban J connectivity index is 3.05. The van der Waals surface area contributed by atoms with Gasteiger partial charge < -0.3 is 9.84 Å². The van der Waals surface area contributed by atoms with Crippen LogP contribution in [0.2, 0.25) is 0 Å². The summed E-state index contributed by atoms with van der Waals surface area (Å²) in [5.41, 5.74) is 0. The van der Waals surface area contributed by atoms with Gasteiger partial charge in [0.05, 0.1) is 12.8 Å². The van der Waals surface area contributed by atoms with E-state index in [1.807, 2.05) is 18.9 Å². The van der Waals surface area contributed by atoms with Gasteiger partial charge in [0.2, 0.25) is 0 Å². The molecule has 1 N–H and O–H groups in total.